The lowest BCUT2D eigenvalue weighted by atomic mass is 10.0. The third kappa shape index (κ3) is 6.35. The minimum atomic E-state index is -0.304. The molecule has 7 rings (SSSR count). The molecule has 0 unspecified atom stereocenters. The van der Waals surface area contributed by atoms with Gasteiger partial charge < -0.3 is 20.5 Å². The Balaban J connectivity index is 1.17. The van der Waals surface area contributed by atoms with Crippen LogP contribution in [0, 0.1) is 5.82 Å². The van der Waals surface area contributed by atoms with Gasteiger partial charge in [-0.1, -0.05) is 42.5 Å². The topological polar surface area (TPSA) is 110 Å². The lowest BCUT2D eigenvalue weighted by molar-refractivity contribution is 0.425. The van der Waals surface area contributed by atoms with E-state index in [4.69, 9.17) is 9.97 Å². The number of nitrogens with one attached hydrogen (secondary N) is 4. The molecule has 0 atom stereocenters. The first-order valence-corrected chi connectivity index (χ1v) is 15.2. The second-order valence-corrected chi connectivity index (χ2v) is 11.6. The fourth-order valence-corrected chi connectivity index (χ4v) is 5.57. The van der Waals surface area contributed by atoms with E-state index in [2.05, 4.69) is 53.9 Å². The SMILES string of the molecule is CN(C)CCNc1cc(F)cc(-c2cccc3[nH]c(-c4n[nH]c5cnc(-c6cncc(CNCc7ccccc7)c6)cc45)nc23)c1. The van der Waals surface area contributed by atoms with Crippen LogP contribution in [0.5, 0.6) is 0 Å². The Morgan fingerprint density at radius 3 is 2.57 bits per heavy atom. The number of aromatic amines is 2. The molecule has 10 heteroatoms. The van der Waals surface area contributed by atoms with Gasteiger partial charge in [0.1, 0.15) is 11.5 Å². The van der Waals surface area contributed by atoms with Crippen molar-refractivity contribution >= 4 is 27.6 Å². The van der Waals surface area contributed by atoms with E-state index in [1.165, 1.54) is 11.6 Å². The van der Waals surface area contributed by atoms with Gasteiger partial charge in [-0.2, -0.15) is 5.10 Å². The second-order valence-electron chi connectivity index (χ2n) is 11.6. The first kappa shape index (κ1) is 29.3. The first-order valence-electron chi connectivity index (χ1n) is 15.2. The monoisotopic (exact) mass is 611 g/mol. The number of aromatic nitrogens is 6. The van der Waals surface area contributed by atoms with Gasteiger partial charge in [0, 0.05) is 60.8 Å². The highest BCUT2D eigenvalue weighted by Crippen LogP contribution is 2.34. The molecular weight excluding hydrogens is 577 g/mol. The molecule has 3 aromatic carbocycles. The summed E-state index contributed by atoms with van der Waals surface area (Å²) >= 11 is 0. The summed E-state index contributed by atoms with van der Waals surface area (Å²) in [5.74, 6) is 0.310. The van der Waals surface area contributed by atoms with Crippen molar-refractivity contribution in [1.29, 1.82) is 0 Å². The van der Waals surface area contributed by atoms with Gasteiger partial charge >= 0.3 is 0 Å². The van der Waals surface area contributed by atoms with E-state index in [0.29, 0.717) is 24.6 Å². The van der Waals surface area contributed by atoms with Crippen molar-refractivity contribution in [1.82, 2.24) is 40.3 Å². The standard InChI is InChI=1S/C36H34FN9/c1-46(2)12-11-40-28-15-25(14-27(37)16-28)29-9-6-10-31-34(29)43-36(42-31)35-30-17-32(41-22-33(30)44-45-35)26-13-24(20-39-21-26)19-38-18-23-7-4-3-5-8-23/h3-10,13-17,20-22,38,40H,11-12,18-19H2,1-2H3,(H,42,43)(H,44,45). The fourth-order valence-electron chi connectivity index (χ4n) is 5.57. The molecule has 0 fully saturated rings. The lowest BCUT2D eigenvalue weighted by Gasteiger charge is -2.13. The molecule has 9 nitrogen and oxygen atoms in total. The minimum Gasteiger partial charge on any atom is -0.384 e. The molecule has 0 aliphatic heterocycles. The lowest BCUT2D eigenvalue weighted by Crippen LogP contribution is -2.20. The summed E-state index contributed by atoms with van der Waals surface area (Å²) in [5, 5.41) is 15.4. The second kappa shape index (κ2) is 12.9. The van der Waals surface area contributed by atoms with Gasteiger partial charge in [-0.05, 0) is 67.2 Å². The van der Waals surface area contributed by atoms with Crippen LogP contribution in [0.1, 0.15) is 11.1 Å². The molecule has 0 bridgehead atoms. The third-order valence-electron chi connectivity index (χ3n) is 7.87. The predicted molar refractivity (Wildman–Crippen MR) is 182 cm³/mol. The van der Waals surface area contributed by atoms with Crippen LogP contribution < -0.4 is 10.6 Å². The molecule has 0 aliphatic carbocycles. The summed E-state index contributed by atoms with van der Waals surface area (Å²) in [6, 6.07) is 25.3. The number of rotatable bonds is 11. The summed E-state index contributed by atoms with van der Waals surface area (Å²) < 4.78 is 14.7. The smallest absolute Gasteiger partial charge is 0.159 e. The number of benzene rings is 3. The van der Waals surface area contributed by atoms with Gasteiger partial charge in [-0.3, -0.25) is 15.1 Å². The summed E-state index contributed by atoms with van der Waals surface area (Å²) in [6.07, 6.45) is 5.48. The van der Waals surface area contributed by atoms with Crippen LogP contribution in [-0.4, -0.2) is 62.2 Å². The Hall–Kier alpha value is -5.45. The van der Waals surface area contributed by atoms with Crippen molar-refractivity contribution in [2.45, 2.75) is 13.1 Å². The van der Waals surface area contributed by atoms with Crippen molar-refractivity contribution in [2.75, 3.05) is 32.5 Å². The Kier molecular flexibility index (Phi) is 8.20. The van der Waals surface area contributed by atoms with E-state index >= 15 is 0 Å². The molecule has 0 spiro atoms. The average molecular weight is 612 g/mol. The number of fused-ring (bicyclic) bond motifs is 2. The van der Waals surface area contributed by atoms with E-state index in [0.717, 1.165) is 68.7 Å². The largest absolute Gasteiger partial charge is 0.384 e. The fraction of sp³-hybridized carbons (Fsp3) is 0.167. The molecular formula is C36H34FN9. The summed E-state index contributed by atoms with van der Waals surface area (Å²) in [6.45, 7) is 3.02. The first-order chi connectivity index (χ1) is 22.5. The van der Waals surface area contributed by atoms with Crippen LogP contribution in [0.2, 0.25) is 0 Å². The van der Waals surface area contributed by atoms with Gasteiger partial charge in [0.05, 0.1) is 28.4 Å². The van der Waals surface area contributed by atoms with Gasteiger partial charge in [0.25, 0.3) is 0 Å². The number of H-pyrrole nitrogens is 2. The van der Waals surface area contributed by atoms with Crippen molar-refractivity contribution in [3.05, 3.63) is 114 Å². The maximum absolute atomic E-state index is 14.7. The summed E-state index contributed by atoms with van der Waals surface area (Å²) in [5.41, 5.74) is 9.38. The highest BCUT2D eigenvalue weighted by Gasteiger charge is 2.17. The Morgan fingerprint density at radius 1 is 0.826 bits per heavy atom. The van der Waals surface area contributed by atoms with E-state index < -0.39 is 0 Å². The Morgan fingerprint density at radius 2 is 1.70 bits per heavy atom. The van der Waals surface area contributed by atoms with E-state index in [1.807, 2.05) is 75.0 Å². The van der Waals surface area contributed by atoms with E-state index in [9.17, 15) is 4.39 Å². The van der Waals surface area contributed by atoms with Crippen LogP contribution in [0.3, 0.4) is 0 Å². The average Bonchev–Trinajstić information content (AvgIpc) is 3.69. The highest BCUT2D eigenvalue weighted by atomic mass is 19.1. The molecule has 230 valence electrons. The number of halogens is 1. The number of anilines is 1. The molecule has 4 aromatic heterocycles. The maximum atomic E-state index is 14.7. The molecule has 4 N–H and O–H groups in total. The van der Waals surface area contributed by atoms with Gasteiger partial charge in [0.2, 0.25) is 0 Å². The molecule has 0 amide bonds. The molecule has 7 aromatic rings. The normalized spacial score (nSPS) is 11.6. The van der Waals surface area contributed by atoms with Crippen molar-refractivity contribution in [3.63, 3.8) is 0 Å². The van der Waals surface area contributed by atoms with Crippen molar-refractivity contribution < 1.29 is 4.39 Å². The Bertz CT molecular complexity index is 2120. The van der Waals surface area contributed by atoms with Crippen molar-refractivity contribution in [2.24, 2.45) is 0 Å². The summed E-state index contributed by atoms with van der Waals surface area (Å²) in [4.78, 5) is 19.7. The van der Waals surface area contributed by atoms with Crippen LogP contribution in [-0.2, 0) is 13.1 Å². The zero-order valence-electron chi connectivity index (χ0n) is 25.7. The molecule has 0 saturated heterocycles. The van der Waals surface area contributed by atoms with Gasteiger partial charge in [-0.25, -0.2) is 9.37 Å². The van der Waals surface area contributed by atoms with E-state index in [-0.39, 0.29) is 5.82 Å². The minimum absolute atomic E-state index is 0.304. The molecule has 4 heterocycles. The molecule has 46 heavy (non-hydrogen) atoms. The molecule has 0 aliphatic rings. The zero-order chi connectivity index (χ0) is 31.5. The number of imidazole rings is 1. The van der Waals surface area contributed by atoms with Gasteiger partial charge in [0.15, 0.2) is 5.82 Å². The van der Waals surface area contributed by atoms with Crippen LogP contribution in [0.4, 0.5) is 10.1 Å². The number of hydrogen-bond acceptors (Lipinski definition) is 7. The molecule has 0 radical (unpaired) electrons. The third-order valence-corrected chi connectivity index (χ3v) is 7.87. The summed E-state index contributed by atoms with van der Waals surface area (Å²) in [7, 11) is 4.02. The van der Waals surface area contributed by atoms with Gasteiger partial charge in [-0.15, -0.1) is 0 Å². The number of pyridine rings is 2. The Labute approximate surface area is 266 Å². The number of hydrogen-bond donors (Lipinski definition) is 4. The highest BCUT2D eigenvalue weighted by molar-refractivity contribution is 5.98. The van der Waals surface area contributed by atoms with E-state index in [1.54, 1.807) is 12.3 Å². The maximum Gasteiger partial charge on any atom is 0.159 e. The zero-order valence-corrected chi connectivity index (χ0v) is 25.7. The number of likely N-dealkylation sites (N-methyl/N-ethyl adjacent to an activating group) is 1. The van der Waals surface area contributed by atoms with Crippen LogP contribution in [0.25, 0.3) is 55.8 Å². The number of nitrogens with zero attached hydrogens (tertiary/aromatic N) is 5. The predicted octanol–water partition coefficient (Wildman–Crippen LogP) is 6.63. The molecule has 0 saturated carbocycles. The van der Waals surface area contributed by atoms with Crippen LogP contribution in [0.15, 0.2) is 97.5 Å². The van der Waals surface area contributed by atoms with Crippen molar-refractivity contribution in [3.8, 4) is 33.9 Å². The quantitative estimate of drug-likeness (QED) is 0.130. The number of para-hydroxylation sites is 1. The van der Waals surface area contributed by atoms with Crippen LogP contribution >= 0.6 is 0 Å².